The molecule has 6 nitrogen and oxygen atoms in total. The molecule has 0 radical (unpaired) electrons. The number of pyridine rings is 1. The Morgan fingerprint density at radius 2 is 1.90 bits per heavy atom. The Labute approximate surface area is 173 Å². The molecule has 1 fully saturated rings. The zero-order chi connectivity index (χ0) is 20.2. The second-order valence-corrected chi connectivity index (χ2v) is 8.50. The minimum absolute atomic E-state index is 0.0236. The number of nitrogens with one attached hydrogen (secondary N) is 1. The molecule has 0 spiro atoms. The van der Waals surface area contributed by atoms with Crippen molar-refractivity contribution in [3.8, 4) is 5.69 Å². The highest BCUT2D eigenvalue weighted by Gasteiger charge is 2.20. The lowest BCUT2D eigenvalue weighted by Crippen LogP contribution is -2.38. The number of aromatic nitrogens is 3. The van der Waals surface area contributed by atoms with E-state index >= 15 is 0 Å². The fourth-order valence-electron chi connectivity index (χ4n) is 3.71. The summed E-state index contributed by atoms with van der Waals surface area (Å²) in [5, 5.41) is 4.06. The van der Waals surface area contributed by atoms with Gasteiger partial charge in [0.25, 0.3) is 5.56 Å². The van der Waals surface area contributed by atoms with Crippen LogP contribution in [-0.2, 0) is 4.79 Å². The molecule has 1 amide bonds. The molecule has 0 aliphatic heterocycles. The number of thioether (sulfide) groups is 1. The zero-order valence-electron chi connectivity index (χ0n) is 16.4. The monoisotopic (exact) mass is 408 g/mol. The molecule has 150 valence electrons. The molecule has 1 N–H and O–H groups in total. The van der Waals surface area contributed by atoms with E-state index in [9.17, 15) is 9.59 Å². The van der Waals surface area contributed by atoms with Crippen LogP contribution < -0.4 is 10.9 Å². The van der Waals surface area contributed by atoms with Gasteiger partial charge in [-0.2, -0.15) is 0 Å². The molecule has 2 aromatic heterocycles. The van der Waals surface area contributed by atoms with Gasteiger partial charge in [-0.15, -0.1) is 0 Å². The first-order chi connectivity index (χ1) is 14.1. The number of hydrogen-bond donors (Lipinski definition) is 1. The predicted octanol–water partition coefficient (Wildman–Crippen LogP) is 3.57. The van der Waals surface area contributed by atoms with Crippen molar-refractivity contribution in [3.63, 3.8) is 0 Å². The van der Waals surface area contributed by atoms with Crippen LogP contribution >= 0.6 is 11.8 Å². The fraction of sp³-hybridized carbons (Fsp3) is 0.364. The summed E-state index contributed by atoms with van der Waals surface area (Å²) in [6, 6.07) is 13.1. The Bertz CT molecular complexity index is 1060. The highest BCUT2D eigenvalue weighted by Crippen LogP contribution is 2.24. The Morgan fingerprint density at radius 1 is 1.14 bits per heavy atom. The second kappa shape index (κ2) is 8.78. The van der Waals surface area contributed by atoms with E-state index < -0.39 is 0 Å². The molecule has 4 rings (SSSR count). The van der Waals surface area contributed by atoms with Crippen LogP contribution in [0.1, 0.15) is 32.6 Å². The molecule has 1 saturated carbocycles. The molecule has 2 heterocycles. The summed E-state index contributed by atoms with van der Waals surface area (Å²) in [6.07, 6.45) is 5.99. The zero-order valence-corrected chi connectivity index (χ0v) is 17.2. The molecule has 1 aliphatic rings. The van der Waals surface area contributed by atoms with Crippen LogP contribution in [0.3, 0.4) is 0 Å². The summed E-state index contributed by atoms with van der Waals surface area (Å²) in [7, 11) is 0. The van der Waals surface area contributed by atoms with Gasteiger partial charge in [0, 0.05) is 12.2 Å². The standard InChI is InChI=1S/C22H24N4O2S/c1-15-9-11-16(12-10-15)24-19(27)14-29-22-25-20-18(8-5-13-23-20)21(28)26(22)17-6-3-2-4-7-17/h2-8,13,15-16H,9-12,14H2,1H3,(H,24,27). The number of rotatable bonds is 5. The van der Waals surface area contributed by atoms with E-state index in [2.05, 4.69) is 22.2 Å². The van der Waals surface area contributed by atoms with Crippen molar-refractivity contribution in [1.82, 2.24) is 19.9 Å². The third kappa shape index (κ3) is 4.50. The molecule has 1 aromatic carbocycles. The number of para-hydroxylation sites is 1. The van der Waals surface area contributed by atoms with Crippen molar-refractivity contribution >= 4 is 28.7 Å². The van der Waals surface area contributed by atoms with Gasteiger partial charge in [-0.05, 0) is 55.9 Å². The minimum atomic E-state index is -0.182. The van der Waals surface area contributed by atoms with Gasteiger partial charge >= 0.3 is 0 Å². The van der Waals surface area contributed by atoms with Gasteiger partial charge in [0.15, 0.2) is 10.8 Å². The van der Waals surface area contributed by atoms with Crippen LogP contribution in [0, 0.1) is 5.92 Å². The molecule has 0 atom stereocenters. The number of fused-ring (bicyclic) bond motifs is 1. The first-order valence-electron chi connectivity index (χ1n) is 9.97. The SMILES string of the molecule is CC1CCC(NC(=O)CSc2nc3ncccc3c(=O)n2-c2ccccc2)CC1. The Morgan fingerprint density at radius 3 is 2.66 bits per heavy atom. The molecule has 7 heteroatoms. The van der Waals surface area contributed by atoms with E-state index in [-0.39, 0.29) is 23.3 Å². The van der Waals surface area contributed by atoms with Crippen LogP contribution in [0.25, 0.3) is 16.7 Å². The summed E-state index contributed by atoms with van der Waals surface area (Å²) in [5.74, 6) is 0.931. The minimum Gasteiger partial charge on any atom is -0.353 e. The predicted molar refractivity (Wildman–Crippen MR) is 115 cm³/mol. The van der Waals surface area contributed by atoms with Gasteiger partial charge in [-0.25, -0.2) is 9.97 Å². The average molecular weight is 409 g/mol. The third-order valence-corrected chi connectivity index (χ3v) is 6.28. The smallest absolute Gasteiger partial charge is 0.268 e. The lowest BCUT2D eigenvalue weighted by molar-refractivity contribution is -0.119. The van der Waals surface area contributed by atoms with Gasteiger partial charge in [0.2, 0.25) is 5.91 Å². The topological polar surface area (TPSA) is 76.9 Å². The normalized spacial score (nSPS) is 19.2. The first-order valence-corrected chi connectivity index (χ1v) is 11.0. The average Bonchev–Trinajstić information content (AvgIpc) is 2.75. The van der Waals surface area contributed by atoms with Gasteiger partial charge in [-0.3, -0.25) is 14.2 Å². The van der Waals surface area contributed by atoms with Crippen molar-refractivity contribution in [2.75, 3.05) is 5.75 Å². The molecular weight excluding hydrogens is 384 g/mol. The number of carbonyl (C=O) groups excluding carboxylic acids is 1. The van der Waals surface area contributed by atoms with E-state index in [1.807, 2.05) is 30.3 Å². The molecule has 29 heavy (non-hydrogen) atoms. The molecule has 0 bridgehead atoms. The summed E-state index contributed by atoms with van der Waals surface area (Å²) in [6.45, 7) is 2.26. The van der Waals surface area contributed by atoms with Crippen molar-refractivity contribution in [3.05, 3.63) is 59.0 Å². The van der Waals surface area contributed by atoms with Gasteiger partial charge < -0.3 is 5.32 Å². The first kappa shape index (κ1) is 19.6. The Balaban J connectivity index is 1.58. The number of benzene rings is 1. The van der Waals surface area contributed by atoms with Crippen molar-refractivity contribution in [1.29, 1.82) is 0 Å². The Hall–Kier alpha value is -2.67. The molecule has 0 unspecified atom stereocenters. The van der Waals surface area contributed by atoms with Gasteiger partial charge in [-0.1, -0.05) is 36.9 Å². The molecule has 0 saturated heterocycles. The number of amides is 1. The largest absolute Gasteiger partial charge is 0.353 e. The summed E-state index contributed by atoms with van der Waals surface area (Å²) in [4.78, 5) is 34.4. The quantitative estimate of drug-likeness (QED) is 0.516. The van der Waals surface area contributed by atoms with E-state index in [4.69, 9.17) is 0 Å². The summed E-state index contributed by atoms with van der Waals surface area (Å²) < 4.78 is 1.56. The fourth-order valence-corrected chi connectivity index (χ4v) is 4.52. The van der Waals surface area contributed by atoms with Crippen LogP contribution in [-0.4, -0.2) is 32.2 Å². The van der Waals surface area contributed by atoms with Crippen molar-refractivity contribution < 1.29 is 4.79 Å². The highest BCUT2D eigenvalue weighted by molar-refractivity contribution is 7.99. The number of hydrogen-bond acceptors (Lipinski definition) is 5. The lowest BCUT2D eigenvalue weighted by Gasteiger charge is -2.26. The van der Waals surface area contributed by atoms with Crippen LogP contribution in [0.2, 0.25) is 0 Å². The van der Waals surface area contributed by atoms with Crippen LogP contribution in [0.15, 0.2) is 58.6 Å². The maximum atomic E-state index is 13.1. The van der Waals surface area contributed by atoms with Crippen molar-refractivity contribution in [2.45, 2.75) is 43.8 Å². The Kier molecular flexibility index (Phi) is 5.94. The van der Waals surface area contributed by atoms with E-state index in [1.54, 1.807) is 22.9 Å². The number of nitrogens with zero attached hydrogens (tertiary/aromatic N) is 3. The van der Waals surface area contributed by atoms with E-state index in [0.717, 1.165) is 37.3 Å². The summed E-state index contributed by atoms with van der Waals surface area (Å²) in [5.41, 5.74) is 0.937. The number of carbonyl (C=O) groups is 1. The lowest BCUT2D eigenvalue weighted by atomic mass is 9.87. The van der Waals surface area contributed by atoms with Crippen LogP contribution in [0.5, 0.6) is 0 Å². The van der Waals surface area contributed by atoms with Gasteiger partial charge in [0.1, 0.15) is 0 Å². The van der Waals surface area contributed by atoms with E-state index in [0.29, 0.717) is 16.2 Å². The maximum Gasteiger partial charge on any atom is 0.268 e. The maximum absolute atomic E-state index is 13.1. The molecule has 3 aromatic rings. The van der Waals surface area contributed by atoms with Gasteiger partial charge in [0.05, 0.1) is 16.8 Å². The highest BCUT2D eigenvalue weighted by atomic mass is 32.2. The van der Waals surface area contributed by atoms with E-state index in [1.165, 1.54) is 11.8 Å². The second-order valence-electron chi connectivity index (χ2n) is 7.56. The third-order valence-electron chi connectivity index (χ3n) is 5.34. The van der Waals surface area contributed by atoms with Crippen LogP contribution in [0.4, 0.5) is 0 Å². The molecular formula is C22H24N4O2S. The molecule has 1 aliphatic carbocycles. The summed E-state index contributed by atoms with van der Waals surface area (Å²) >= 11 is 1.27. The van der Waals surface area contributed by atoms with Crippen molar-refractivity contribution in [2.24, 2.45) is 5.92 Å².